The molecule has 0 aromatic rings. The van der Waals surface area contributed by atoms with Gasteiger partial charge in [0.15, 0.2) is 0 Å². The molecule has 0 fully saturated rings. The molecule has 0 aliphatic carbocycles. The van der Waals surface area contributed by atoms with E-state index in [0.717, 1.165) is 0 Å². The van der Waals surface area contributed by atoms with Crippen LogP contribution in [0.3, 0.4) is 0 Å². The van der Waals surface area contributed by atoms with Crippen molar-refractivity contribution < 1.29 is 18.9 Å². The lowest BCUT2D eigenvalue weighted by Crippen LogP contribution is -2.08. The topological polar surface area (TPSA) is 68.1 Å². The van der Waals surface area contributed by atoms with Crippen LogP contribution in [-0.4, -0.2) is 24.2 Å². The monoisotopic (exact) mass is 180 g/mol. The summed E-state index contributed by atoms with van der Waals surface area (Å²) < 4.78 is 22.9. The molecular weight excluding hydrogens is 169 g/mol. The minimum atomic E-state index is -2.57. The van der Waals surface area contributed by atoms with E-state index < -0.39 is 8.18 Å². The summed E-state index contributed by atoms with van der Waals surface area (Å²) in [6.07, 6.45) is -0.126. The molecule has 0 amide bonds. The lowest BCUT2D eigenvalue weighted by Gasteiger charge is -2.01. The van der Waals surface area contributed by atoms with Crippen molar-refractivity contribution in [3.05, 3.63) is 0 Å². The largest absolute Gasteiger partial charge is 0.673 e. The Labute approximate surface area is 66.0 Å². The Kier molecular flexibility index (Phi) is 5.70. The van der Waals surface area contributed by atoms with Crippen LogP contribution in [0.15, 0.2) is 4.76 Å². The van der Waals surface area contributed by atoms with Crippen LogP contribution in [0.25, 0.3) is 0 Å². The first-order chi connectivity index (χ1) is 5.20. The Morgan fingerprint density at radius 3 is 2.18 bits per heavy atom. The smallest absolute Gasteiger partial charge is 0.448 e. The molecule has 1 unspecified atom stereocenters. The molecule has 0 aromatic carbocycles. The predicted molar refractivity (Wildman–Crippen MR) is 40.5 cm³/mol. The summed E-state index contributed by atoms with van der Waals surface area (Å²) >= 11 is 0. The van der Waals surface area contributed by atoms with E-state index >= 15 is 0 Å². The molecular formula is C5H11NO4P+. The van der Waals surface area contributed by atoms with Gasteiger partial charge in [-0.1, -0.05) is 0 Å². The predicted octanol–water partition coefficient (Wildman–Crippen LogP) is 1.07. The van der Waals surface area contributed by atoms with E-state index in [-0.39, 0.29) is 6.08 Å². The molecule has 0 aliphatic rings. The van der Waals surface area contributed by atoms with E-state index in [4.69, 9.17) is 14.4 Å². The maximum Gasteiger partial charge on any atom is 0.673 e. The number of rotatable bonds is 3. The van der Waals surface area contributed by atoms with Crippen molar-refractivity contribution >= 4 is 14.3 Å². The third-order valence-corrected chi connectivity index (χ3v) is 1.04. The molecule has 0 spiro atoms. The van der Waals surface area contributed by atoms with Gasteiger partial charge in [-0.25, -0.2) is 0 Å². The average molecular weight is 180 g/mol. The van der Waals surface area contributed by atoms with E-state index in [2.05, 4.69) is 4.76 Å². The van der Waals surface area contributed by atoms with Gasteiger partial charge in [0.1, 0.15) is 0 Å². The Morgan fingerprint density at radius 1 is 1.45 bits per heavy atom. The first-order valence-electron chi connectivity index (χ1n) is 3.21. The molecule has 5 nitrogen and oxygen atoms in total. The Balaban J connectivity index is 3.96. The first-order valence-corrected chi connectivity index (χ1v) is 4.37. The van der Waals surface area contributed by atoms with Gasteiger partial charge in [0, 0.05) is 4.57 Å². The van der Waals surface area contributed by atoms with Crippen LogP contribution in [0.5, 0.6) is 0 Å². The summed E-state index contributed by atoms with van der Waals surface area (Å²) in [6, 6.07) is 0. The standard InChI is InChI=1S/C5H10NO4P/c1-3-9-5(10-4-2)6-11(7)8/h3-4H2,1-2H3/p+1. The second kappa shape index (κ2) is 6.07. The maximum atomic E-state index is 10.2. The number of hydrogen-bond acceptors (Lipinski definition) is 3. The lowest BCUT2D eigenvalue weighted by molar-refractivity contribution is 0.182. The molecule has 0 aromatic heterocycles. The van der Waals surface area contributed by atoms with Crippen LogP contribution >= 0.6 is 8.18 Å². The molecule has 0 saturated carbocycles. The van der Waals surface area contributed by atoms with Crippen molar-refractivity contribution in [1.82, 2.24) is 0 Å². The van der Waals surface area contributed by atoms with E-state index in [1.54, 1.807) is 13.8 Å². The first kappa shape index (κ1) is 10.3. The Morgan fingerprint density at radius 2 is 1.91 bits per heavy atom. The number of hydrogen-bond donors (Lipinski definition) is 1. The minimum Gasteiger partial charge on any atom is -0.448 e. The normalized spacial score (nSPS) is 10.3. The zero-order valence-corrected chi connectivity index (χ0v) is 7.38. The van der Waals surface area contributed by atoms with Crippen LogP contribution in [-0.2, 0) is 14.0 Å². The zero-order valence-electron chi connectivity index (χ0n) is 6.48. The Bertz CT molecular complexity index is 151. The van der Waals surface area contributed by atoms with Crippen LogP contribution < -0.4 is 0 Å². The van der Waals surface area contributed by atoms with E-state index in [1.807, 2.05) is 0 Å². The van der Waals surface area contributed by atoms with Crippen molar-refractivity contribution in [3.63, 3.8) is 0 Å². The van der Waals surface area contributed by atoms with Gasteiger partial charge >= 0.3 is 14.3 Å². The summed E-state index contributed by atoms with van der Waals surface area (Å²) in [5, 5.41) is 0. The lowest BCUT2D eigenvalue weighted by atomic mass is 10.8. The minimum absolute atomic E-state index is 0.126. The second-order valence-corrected chi connectivity index (χ2v) is 2.19. The third-order valence-electron chi connectivity index (χ3n) is 0.703. The highest BCUT2D eigenvalue weighted by atomic mass is 31.1. The zero-order chi connectivity index (χ0) is 8.69. The molecule has 1 N–H and O–H groups in total. The fraction of sp³-hybridized carbons (Fsp3) is 0.800. The van der Waals surface area contributed by atoms with E-state index in [0.29, 0.717) is 13.2 Å². The van der Waals surface area contributed by atoms with Gasteiger partial charge < -0.3 is 9.47 Å². The summed E-state index contributed by atoms with van der Waals surface area (Å²) in [4.78, 5) is 8.34. The Hall–Kier alpha value is -0.670. The molecule has 0 bridgehead atoms. The van der Waals surface area contributed by atoms with Gasteiger partial charge in [-0.3, -0.25) is 0 Å². The maximum absolute atomic E-state index is 10.2. The quantitative estimate of drug-likeness (QED) is 0.400. The fourth-order valence-electron chi connectivity index (χ4n) is 0.416. The van der Waals surface area contributed by atoms with Crippen molar-refractivity contribution in [2.75, 3.05) is 13.2 Å². The summed E-state index contributed by atoms with van der Waals surface area (Å²) in [6.45, 7) is 4.20. The highest BCUT2D eigenvalue weighted by Gasteiger charge is 2.13. The van der Waals surface area contributed by atoms with Crippen molar-refractivity contribution in [3.8, 4) is 0 Å². The molecule has 6 heteroatoms. The number of ether oxygens (including phenoxy) is 2. The van der Waals surface area contributed by atoms with Gasteiger partial charge in [0.05, 0.1) is 18.0 Å². The molecule has 11 heavy (non-hydrogen) atoms. The molecule has 0 heterocycles. The molecule has 1 atom stereocenters. The average Bonchev–Trinajstić information content (AvgIpc) is 1.87. The van der Waals surface area contributed by atoms with Crippen molar-refractivity contribution in [2.24, 2.45) is 4.76 Å². The molecule has 0 saturated heterocycles. The molecule has 0 radical (unpaired) electrons. The summed E-state index contributed by atoms with van der Waals surface area (Å²) in [5.41, 5.74) is 0. The van der Waals surface area contributed by atoms with E-state index in [9.17, 15) is 4.57 Å². The molecule has 64 valence electrons. The highest BCUT2D eigenvalue weighted by Crippen LogP contribution is 2.14. The van der Waals surface area contributed by atoms with Gasteiger partial charge in [-0.05, 0) is 13.8 Å². The SMILES string of the molecule is CCOC(=N[P+](=O)O)OCC. The van der Waals surface area contributed by atoms with Crippen molar-refractivity contribution in [1.29, 1.82) is 0 Å². The van der Waals surface area contributed by atoms with Crippen LogP contribution in [0.1, 0.15) is 13.8 Å². The summed E-state index contributed by atoms with van der Waals surface area (Å²) in [7, 11) is -2.57. The second-order valence-electron chi connectivity index (χ2n) is 1.48. The molecule has 0 rings (SSSR count). The van der Waals surface area contributed by atoms with Gasteiger partial charge in [0.2, 0.25) is 0 Å². The van der Waals surface area contributed by atoms with Gasteiger partial charge in [0.25, 0.3) is 0 Å². The van der Waals surface area contributed by atoms with Gasteiger partial charge in [-0.2, -0.15) is 0 Å². The van der Waals surface area contributed by atoms with Crippen LogP contribution in [0, 0.1) is 0 Å². The van der Waals surface area contributed by atoms with E-state index in [1.165, 1.54) is 0 Å². The summed E-state index contributed by atoms with van der Waals surface area (Å²) in [5.74, 6) is 0. The van der Waals surface area contributed by atoms with Crippen molar-refractivity contribution in [2.45, 2.75) is 13.8 Å². The molecule has 0 aliphatic heterocycles. The van der Waals surface area contributed by atoms with Crippen LogP contribution in [0.2, 0.25) is 0 Å². The van der Waals surface area contributed by atoms with Gasteiger partial charge in [-0.15, -0.1) is 4.89 Å². The fourth-order valence-corrected chi connectivity index (χ4v) is 0.671. The third kappa shape index (κ3) is 5.76. The highest BCUT2D eigenvalue weighted by molar-refractivity contribution is 7.36. The number of nitrogens with zero attached hydrogens (tertiary/aromatic N) is 1. The van der Waals surface area contributed by atoms with Crippen LogP contribution in [0.4, 0.5) is 0 Å².